The van der Waals surface area contributed by atoms with Crippen molar-refractivity contribution in [3.05, 3.63) is 30.3 Å². The molecule has 1 aromatic carbocycles. The normalized spacial score (nSPS) is 10.9. The van der Waals surface area contributed by atoms with Crippen molar-refractivity contribution < 1.29 is 9.59 Å². The summed E-state index contributed by atoms with van der Waals surface area (Å²) in [4.78, 5) is 25.4. The zero-order valence-corrected chi connectivity index (χ0v) is 11.4. The van der Waals surface area contributed by atoms with Gasteiger partial charge in [-0.2, -0.15) is 0 Å². The molecule has 98 valence electrons. The van der Waals surface area contributed by atoms with Gasteiger partial charge in [0, 0.05) is 17.8 Å². The van der Waals surface area contributed by atoms with Gasteiger partial charge in [0.15, 0.2) is 0 Å². The van der Waals surface area contributed by atoms with Gasteiger partial charge in [-0.25, -0.2) is 0 Å². The molecule has 1 aromatic rings. The monoisotopic (exact) mass is 248 g/mol. The lowest BCUT2D eigenvalue weighted by molar-refractivity contribution is -0.146. The molecule has 0 saturated heterocycles. The SMILES string of the molecule is CCN(C(=O)C(=O)Nc1ccccc1)C(C)(C)C. The van der Waals surface area contributed by atoms with Gasteiger partial charge in [0.05, 0.1) is 0 Å². The molecule has 0 aliphatic heterocycles. The number of amides is 2. The third kappa shape index (κ3) is 3.58. The maximum absolute atomic E-state index is 12.0. The molecule has 4 heteroatoms. The number of hydrogen-bond acceptors (Lipinski definition) is 2. The van der Waals surface area contributed by atoms with E-state index in [4.69, 9.17) is 0 Å². The van der Waals surface area contributed by atoms with Crippen LogP contribution in [-0.4, -0.2) is 28.8 Å². The van der Waals surface area contributed by atoms with E-state index in [-0.39, 0.29) is 5.54 Å². The fourth-order valence-corrected chi connectivity index (χ4v) is 1.75. The number of carbonyl (C=O) groups is 2. The molecule has 0 radical (unpaired) electrons. The Morgan fingerprint density at radius 3 is 2.17 bits per heavy atom. The Morgan fingerprint density at radius 2 is 1.72 bits per heavy atom. The molecular formula is C14H20N2O2. The van der Waals surface area contributed by atoms with Crippen molar-refractivity contribution >= 4 is 17.5 Å². The standard InChI is InChI=1S/C14H20N2O2/c1-5-16(14(2,3)4)13(18)12(17)15-11-9-7-6-8-10-11/h6-10H,5H2,1-4H3,(H,15,17). The van der Waals surface area contributed by atoms with Crippen LogP contribution in [0.3, 0.4) is 0 Å². The van der Waals surface area contributed by atoms with Crippen molar-refractivity contribution in [3.8, 4) is 0 Å². The van der Waals surface area contributed by atoms with Crippen LogP contribution in [0.4, 0.5) is 5.69 Å². The lowest BCUT2D eigenvalue weighted by Gasteiger charge is -2.34. The Bertz CT molecular complexity index is 421. The van der Waals surface area contributed by atoms with E-state index in [1.165, 1.54) is 0 Å². The molecule has 2 amide bonds. The first kappa shape index (κ1) is 14.2. The van der Waals surface area contributed by atoms with Crippen LogP contribution >= 0.6 is 0 Å². The van der Waals surface area contributed by atoms with Gasteiger partial charge in [-0.05, 0) is 39.8 Å². The van der Waals surface area contributed by atoms with Crippen LogP contribution in [0.5, 0.6) is 0 Å². The number of carbonyl (C=O) groups excluding carboxylic acids is 2. The van der Waals surface area contributed by atoms with E-state index in [0.717, 1.165) is 0 Å². The fourth-order valence-electron chi connectivity index (χ4n) is 1.75. The second kappa shape index (κ2) is 5.67. The number of para-hydroxylation sites is 1. The topological polar surface area (TPSA) is 49.4 Å². The van der Waals surface area contributed by atoms with Crippen molar-refractivity contribution in [2.45, 2.75) is 33.2 Å². The van der Waals surface area contributed by atoms with Crippen molar-refractivity contribution in [1.82, 2.24) is 4.90 Å². The third-order valence-electron chi connectivity index (χ3n) is 2.60. The molecule has 0 fully saturated rings. The van der Waals surface area contributed by atoms with Gasteiger partial charge in [-0.1, -0.05) is 18.2 Å². The predicted molar refractivity (Wildman–Crippen MR) is 72.2 cm³/mol. The zero-order chi connectivity index (χ0) is 13.8. The molecule has 0 aromatic heterocycles. The van der Waals surface area contributed by atoms with Crippen LogP contribution in [0.2, 0.25) is 0 Å². The van der Waals surface area contributed by atoms with E-state index in [9.17, 15) is 9.59 Å². The van der Waals surface area contributed by atoms with Crippen molar-refractivity contribution in [1.29, 1.82) is 0 Å². The van der Waals surface area contributed by atoms with Gasteiger partial charge in [0.1, 0.15) is 0 Å². The Balaban J connectivity index is 2.75. The molecule has 0 heterocycles. The molecule has 0 saturated carbocycles. The quantitative estimate of drug-likeness (QED) is 0.816. The average molecular weight is 248 g/mol. The molecule has 0 aliphatic rings. The largest absolute Gasteiger partial charge is 0.330 e. The van der Waals surface area contributed by atoms with Crippen LogP contribution in [0, 0.1) is 0 Å². The highest BCUT2D eigenvalue weighted by molar-refractivity contribution is 6.39. The summed E-state index contributed by atoms with van der Waals surface area (Å²) in [6.07, 6.45) is 0. The maximum Gasteiger partial charge on any atom is 0.313 e. The Labute approximate surface area is 108 Å². The first-order valence-electron chi connectivity index (χ1n) is 6.04. The molecular weight excluding hydrogens is 228 g/mol. The van der Waals surface area contributed by atoms with E-state index in [1.54, 1.807) is 29.2 Å². The van der Waals surface area contributed by atoms with E-state index < -0.39 is 11.8 Å². The number of anilines is 1. The molecule has 0 atom stereocenters. The van der Waals surface area contributed by atoms with Gasteiger partial charge in [0.2, 0.25) is 0 Å². The van der Waals surface area contributed by atoms with Crippen LogP contribution < -0.4 is 5.32 Å². The molecule has 4 nitrogen and oxygen atoms in total. The number of nitrogens with one attached hydrogen (secondary N) is 1. The molecule has 1 N–H and O–H groups in total. The minimum atomic E-state index is -0.599. The van der Waals surface area contributed by atoms with Gasteiger partial charge < -0.3 is 10.2 Å². The smallest absolute Gasteiger partial charge is 0.313 e. The number of likely N-dealkylation sites (N-methyl/N-ethyl adjacent to an activating group) is 1. The highest BCUT2D eigenvalue weighted by atomic mass is 16.2. The number of rotatable bonds is 2. The zero-order valence-electron chi connectivity index (χ0n) is 11.4. The summed E-state index contributed by atoms with van der Waals surface area (Å²) in [5.74, 6) is -1.10. The van der Waals surface area contributed by atoms with E-state index in [0.29, 0.717) is 12.2 Å². The summed E-state index contributed by atoms with van der Waals surface area (Å²) >= 11 is 0. The molecule has 0 unspecified atom stereocenters. The fraction of sp³-hybridized carbons (Fsp3) is 0.429. The third-order valence-corrected chi connectivity index (χ3v) is 2.60. The molecule has 18 heavy (non-hydrogen) atoms. The predicted octanol–water partition coefficient (Wildman–Crippen LogP) is 2.27. The van der Waals surface area contributed by atoms with E-state index in [1.807, 2.05) is 33.8 Å². The van der Waals surface area contributed by atoms with Gasteiger partial charge in [-0.3, -0.25) is 9.59 Å². The maximum atomic E-state index is 12.0. The molecule has 0 bridgehead atoms. The minimum Gasteiger partial charge on any atom is -0.330 e. The summed E-state index contributed by atoms with van der Waals surface area (Å²) in [5, 5.41) is 2.60. The first-order valence-corrected chi connectivity index (χ1v) is 6.04. The van der Waals surface area contributed by atoms with Crippen molar-refractivity contribution in [3.63, 3.8) is 0 Å². The summed E-state index contributed by atoms with van der Waals surface area (Å²) in [5.41, 5.74) is 0.265. The Morgan fingerprint density at radius 1 is 1.17 bits per heavy atom. The number of benzene rings is 1. The number of hydrogen-bond donors (Lipinski definition) is 1. The highest BCUT2D eigenvalue weighted by Crippen LogP contribution is 2.14. The summed E-state index contributed by atoms with van der Waals surface area (Å²) in [6, 6.07) is 8.96. The minimum absolute atomic E-state index is 0.361. The van der Waals surface area contributed by atoms with Crippen LogP contribution in [0.1, 0.15) is 27.7 Å². The van der Waals surface area contributed by atoms with E-state index in [2.05, 4.69) is 5.32 Å². The van der Waals surface area contributed by atoms with Crippen LogP contribution in [0.15, 0.2) is 30.3 Å². The van der Waals surface area contributed by atoms with Gasteiger partial charge in [-0.15, -0.1) is 0 Å². The average Bonchev–Trinajstić information content (AvgIpc) is 2.29. The van der Waals surface area contributed by atoms with E-state index >= 15 is 0 Å². The van der Waals surface area contributed by atoms with Crippen LogP contribution in [0.25, 0.3) is 0 Å². The highest BCUT2D eigenvalue weighted by Gasteiger charge is 2.29. The van der Waals surface area contributed by atoms with Crippen molar-refractivity contribution in [2.24, 2.45) is 0 Å². The summed E-state index contributed by atoms with van der Waals surface area (Å²) < 4.78 is 0. The Hall–Kier alpha value is -1.84. The molecule has 1 rings (SSSR count). The van der Waals surface area contributed by atoms with Gasteiger partial charge in [0.25, 0.3) is 0 Å². The van der Waals surface area contributed by atoms with Gasteiger partial charge >= 0.3 is 11.8 Å². The number of nitrogens with zero attached hydrogens (tertiary/aromatic N) is 1. The van der Waals surface area contributed by atoms with Crippen LogP contribution in [-0.2, 0) is 9.59 Å². The second-order valence-corrected chi connectivity index (χ2v) is 5.04. The summed E-state index contributed by atoms with van der Waals surface area (Å²) in [7, 11) is 0. The van der Waals surface area contributed by atoms with Crippen molar-refractivity contribution in [2.75, 3.05) is 11.9 Å². The lowest BCUT2D eigenvalue weighted by Crippen LogP contribution is -2.49. The summed E-state index contributed by atoms with van der Waals surface area (Å²) in [6.45, 7) is 8.09. The Kier molecular flexibility index (Phi) is 4.48. The molecule has 0 aliphatic carbocycles. The lowest BCUT2D eigenvalue weighted by atomic mass is 10.1. The second-order valence-electron chi connectivity index (χ2n) is 5.04. The molecule has 0 spiro atoms. The first-order chi connectivity index (χ1) is 8.36.